The third-order valence-electron chi connectivity index (χ3n) is 5.43. The van der Waals surface area contributed by atoms with E-state index in [4.69, 9.17) is 0 Å². The Hall–Kier alpha value is -1.57. The lowest BCUT2D eigenvalue weighted by molar-refractivity contribution is -0.138. The maximum absolute atomic E-state index is 12.5. The number of likely N-dealkylation sites (tertiary alicyclic amines) is 1. The van der Waals surface area contributed by atoms with Crippen molar-refractivity contribution in [2.24, 2.45) is 5.92 Å². The number of halogens is 3. The third kappa shape index (κ3) is 3.16. The molecule has 2 fully saturated rings. The molecular formula is C16H21F3N4O. The first-order valence-electron chi connectivity index (χ1n) is 8.58. The van der Waals surface area contributed by atoms with Crippen LogP contribution in [0.3, 0.4) is 0 Å². The van der Waals surface area contributed by atoms with Gasteiger partial charge in [0.15, 0.2) is 5.69 Å². The molecule has 8 heteroatoms. The number of alkyl halides is 3. The summed E-state index contributed by atoms with van der Waals surface area (Å²) in [6, 6.07) is -0.109. The van der Waals surface area contributed by atoms with E-state index in [9.17, 15) is 18.0 Å². The number of hydrogen-bond acceptors (Lipinski definition) is 3. The van der Waals surface area contributed by atoms with Crippen molar-refractivity contribution in [3.63, 3.8) is 0 Å². The highest BCUT2D eigenvalue weighted by Gasteiger charge is 2.48. The molecule has 0 aromatic carbocycles. The molecule has 0 bridgehead atoms. The summed E-state index contributed by atoms with van der Waals surface area (Å²) < 4.78 is 37.1. The van der Waals surface area contributed by atoms with Gasteiger partial charge < -0.3 is 10.2 Å². The zero-order valence-electron chi connectivity index (χ0n) is 13.3. The monoisotopic (exact) mass is 342 g/mol. The normalized spacial score (nSPS) is 29.2. The first kappa shape index (κ1) is 15.9. The van der Waals surface area contributed by atoms with Crippen LogP contribution < -0.4 is 5.32 Å². The fraction of sp³-hybridized carbons (Fsp3) is 0.750. The number of aromatic nitrogens is 2. The molecule has 0 radical (unpaired) electrons. The fourth-order valence-electron chi connectivity index (χ4n) is 4.08. The lowest BCUT2D eigenvalue weighted by Crippen LogP contribution is -2.48. The molecule has 24 heavy (non-hydrogen) atoms. The smallest absolute Gasteiger partial charge is 0.347 e. The Morgan fingerprint density at radius 3 is 3.04 bits per heavy atom. The number of aromatic amines is 1. The molecule has 1 amide bonds. The number of carbonyl (C=O) groups excluding carboxylic acids is 1. The number of hydrogen-bond donors (Lipinski definition) is 2. The number of H-pyrrole nitrogens is 1. The van der Waals surface area contributed by atoms with Crippen LogP contribution in [0.2, 0.25) is 0 Å². The Morgan fingerprint density at radius 1 is 1.42 bits per heavy atom. The van der Waals surface area contributed by atoms with Gasteiger partial charge in [0.05, 0.1) is 6.42 Å². The van der Waals surface area contributed by atoms with Gasteiger partial charge in [0.2, 0.25) is 0 Å². The fourth-order valence-corrected chi connectivity index (χ4v) is 4.08. The molecule has 4 rings (SSSR count). The molecule has 1 aromatic heterocycles. The number of nitrogens with one attached hydrogen (secondary N) is 2. The molecule has 2 aliphatic carbocycles. The molecule has 1 saturated carbocycles. The quantitative estimate of drug-likeness (QED) is 0.882. The summed E-state index contributed by atoms with van der Waals surface area (Å²) in [4.78, 5) is 14.3. The van der Waals surface area contributed by atoms with E-state index in [0.29, 0.717) is 30.6 Å². The molecular weight excluding hydrogens is 321 g/mol. The zero-order valence-corrected chi connectivity index (χ0v) is 13.3. The second kappa shape index (κ2) is 5.75. The van der Waals surface area contributed by atoms with Crippen molar-refractivity contribution >= 4 is 5.91 Å². The first-order valence-corrected chi connectivity index (χ1v) is 8.58. The number of rotatable bonds is 4. The van der Waals surface area contributed by atoms with Gasteiger partial charge in [-0.05, 0) is 38.1 Å². The number of nitrogens with zero attached hydrogens (tertiary/aromatic N) is 2. The molecule has 1 saturated heterocycles. The molecule has 2 heterocycles. The van der Waals surface area contributed by atoms with Gasteiger partial charge in [-0.2, -0.15) is 18.3 Å². The van der Waals surface area contributed by atoms with Crippen molar-refractivity contribution in [1.29, 1.82) is 0 Å². The van der Waals surface area contributed by atoms with Crippen LogP contribution in [-0.4, -0.2) is 52.9 Å². The van der Waals surface area contributed by atoms with E-state index in [1.54, 1.807) is 4.90 Å². The van der Waals surface area contributed by atoms with Crippen LogP contribution in [-0.2, 0) is 6.42 Å². The standard InChI is InChI=1S/C16H21F3N4O/c17-16(18,19)3-5-23-4-1-2-10(8-23)20-15(24)14-12-7-9-6-11(9)13(12)21-22-14/h9-11H,1-8H2,(H,20,24)(H,21,22)/t9?,10-,11?/m1/s1. The van der Waals surface area contributed by atoms with Gasteiger partial charge in [-0.25, -0.2) is 0 Å². The maximum atomic E-state index is 12.5. The van der Waals surface area contributed by atoms with Crippen LogP contribution in [0.1, 0.15) is 53.3 Å². The molecule has 2 N–H and O–H groups in total. The van der Waals surface area contributed by atoms with E-state index in [0.717, 1.165) is 30.5 Å². The topological polar surface area (TPSA) is 61.0 Å². The Balaban J connectivity index is 1.33. The van der Waals surface area contributed by atoms with Crippen molar-refractivity contribution in [2.75, 3.05) is 19.6 Å². The Morgan fingerprint density at radius 2 is 2.25 bits per heavy atom. The predicted molar refractivity (Wildman–Crippen MR) is 80.7 cm³/mol. The van der Waals surface area contributed by atoms with Gasteiger partial charge in [-0.3, -0.25) is 9.89 Å². The van der Waals surface area contributed by atoms with Crippen molar-refractivity contribution in [3.8, 4) is 0 Å². The minimum absolute atomic E-state index is 0.00294. The lowest BCUT2D eigenvalue weighted by atomic mass is 10.0. The van der Waals surface area contributed by atoms with Crippen LogP contribution in [0, 0.1) is 5.92 Å². The molecule has 3 aliphatic rings. The van der Waals surface area contributed by atoms with Crippen molar-refractivity contribution in [3.05, 3.63) is 17.0 Å². The minimum atomic E-state index is -4.13. The second-order valence-corrected chi connectivity index (χ2v) is 7.25. The second-order valence-electron chi connectivity index (χ2n) is 7.25. The van der Waals surface area contributed by atoms with Crippen LogP contribution in [0.4, 0.5) is 13.2 Å². The van der Waals surface area contributed by atoms with E-state index in [-0.39, 0.29) is 18.5 Å². The predicted octanol–water partition coefficient (Wildman–Crippen LogP) is 2.22. The van der Waals surface area contributed by atoms with Crippen LogP contribution in [0.5, 0.6) is 0 Å². The largest absolute Gasteiger partial charge is 0.390 e. The summed E-state index contributed by atoms with van der Waals surface area (Å²) in [6.45, 7) is 1.13. The summed E-state index contributed by atoms with van der Waals surface area (Å²) in [5.74, 6) is 1.03. The van der Waals surface area contributed by atoms with Gasteiger partial charge in [0, 0.05) is 36.3 Å². The zero-order chi connectivity index (χ0) is 16.9. The van der Waals surface area contributed by atoms with E-state index >= 15 is 0 Å². The highest BCUT2D eigenvalue weighted by molar-refractivity contribution is 5.94. The van der Waals surface area contributed by atoms with Crippen molar-refractivity contribution in [2.45, 2.75) is 50.2 Å². The number of carbonyl (C=O) groups is 1. The van der Waals surface area contributed by atoms with Gasteiger partial charge in [0.1, 0.15) is 0 Å². The molecule has 5 nitrogen and oxygen atoms in total. The summed E-state index contributed by atoms with van der Waals surface area (Å²) in [6.07, 6.45) is -1.23. The number of fused-ring (bicyclic) bond motifs is 3. The molecule has 3 atom stereocenters. The Kier molecular flexibility index (Phi) is 3.82. The van der Waals surface area contributed by atoms with Gasteiger partial charge >= 0.3 is 6.18 Å². The average molecular weight is 342 g/mol. The van der Waals surface area contributed by atoms with Gasteiger partial charge in [0.25, 0.3) is 5.91 Å². The molecule has 1 aliphatic heterocycles. The van der Waals surface area contributed by atoms with Gasteiger partial charge in [-0.1, -0.05) is 0 Å². The molecule has 2 unspecified atom stereocenters. The van der Waals surface area contributed by atoms with Crippen molar-refractivity contribution in [1.82, 2.24) is 20.4 Å². The maximum Gasteiger partial charge on any atom is 0.390 e. The SMILES string of the molecule is O=C(N[C@@H]1CCCN(CCC(F)(F)F)C1)c1n[nH]c2c1CC1CC21. The summed E-state index contributed by atoms with van der Waals surface area (Å²) in [7, 11) is 0. The minimum Gasteiger partial charge on any atom is -0.347 e. The van der Waals surface area contributed by atoms with Crippen LogP contribution in [0.15, 0.2) is 0 Å². The first-order chi connectivity index (χ1) is 11.4. The molecule has 1 aromatic rings. The summed E-state index contributed by atoms with van der Waals surface area (Å²) in [5.41, 5.74) is 2.63. The third-order valence-corrected chi connectivity index (χ3v) is 5.43. The number of piperidine rings is 1. The number of amides is 1. The van der Waals surface area contributed by atoms with Crippen LogP contribution >= 0.6 is 0 Å². The van der Waals surface area contributed by atoms with E-state index in [1.807, 2.05) is 0 Å². The van der Waals surface area contributed by atoms with E-state index < -0.39 is 12.6 Å². The highest BCUT2D eigenvalue weighted by Crippen LogP contribution is 2.55. The van der Waals surface area contributed by atoms with Crippen molar-refractivity contribution < 1.29 is 18.0 Å². The Labute approximate surface area is 138 Å². The van der Waals surface area contributed by atoms with Crippen LogP contribution in [0.25, 0.3) is 0 Å². The van der Waals surface area contributed by atoms with Gasteiger partial charge in [-0.15, -0.1) is 0 Å². The average Bonchev–Trinajstić information content (AvgIpc) is 3.00. The lowest BCUT2D eigenvalue weighted by Gasteiger charge is -2.33. The highest BCUT2D eigenvalue weighted by atomic mass is 19.4. The summed E-state index contributed by atoms with van der Waals surface area (Å²) >= 11 is 0. The van der Waals surface area contributed by atoms with E-state index in [1.165, 1.54) is 6.42 Å². The Bertz CT molecular complexity index is 642. The van der Waals surface area contributed by atoms with E-state index in [2.05, 4.69) is 15.5 Å². The molecule has 0 spiro atoms. The molecule has 132 valence electrons. The summed E-state index contributed by atoms with van der Waals surface area (Å²) in [5, 5.41) is 10.1.